The van der Waals surface area contributed by atoms with Crippen LogP contribution < -0.4 is 16.0 Å². The summed E-state index contributed by atoms with van der Waals surface area (Å²) in [5.41, 5.74) is 1.61. The number of nitrogens with one attached hydrogen (secondary N) is 3. The molecule has 2 aliphatic rings. The first kappa shape index (κ1) is 24.0. The van der Waals surface area contributed by atoms with Crippen LogP contribution >= 0.6 is 0 Å². The Bertz CT molecular complexity index is 757. The van der Waals surface area contributed by atoms with E-state index in [0.717, 1.165) is 24.6 Å². The average Bonchev–Trinajstić information content (AvgIpc) is 3.09. The zero-order chi connectivity index (χ0) is 22.6. The molecular weight excluding hydrogens is 406 g/mol. The molecule has 8 nitrogen and oxygen atoms in total. The van der Waals surface area contributed by atoms with E-state index >= 15 is 0 Å². The first-order chi connectivity index (χ1) is 15.7. The molecule has 1 aromatic rings. The van der Waals surface area contributed by atoms with Crippen LogP contribution in [0.1, 0.15) is 61.4 Å². The highest BCUT2D eigenvalue weighted by Gasteiger charge is 2.22. The molecule has 1 aromatic carbocycles. The molecule has 2 amide bonds. The Morgan fingerprint density at radius 2 is 1.91 bits per heavy atom. The SMILES string of the molecule is CCNC(=NCc1ccc(C(=O)N2CCNC(=O)C2)cc1)NCCOC1CCCCCC1. The minimum absolute atomic E-state index is 0.112. The molecule has 0 radical (unpaired) electrons. The van der Waals surface area contributed by atoms with Gasteiger partial charge in [-0.1, -0.05) is 37.8 Å². The number of rotatable bonds is 8. The van der Waals surface area contributed by atoms with Gasteiger partial charge in [-0.3, -0.25) is 9.59 Å². The van der Waals surface area contributed by atoms with Gasteiger partial charge in [0.25, 0.3) is 5.91 Å². The predicted molar refractivity (Wildman–Crippen MR) is 126 cm³/mol. The second kappa shape index (κ2) is 13.1. The van der Waals surface area contributed by atoms with Crippen LogP contribution in [0.3, 0.4) is 0 Å². The van der Waals surface area contributed by atoms with E-state index in [4.69, 9.17) is 4.74 Å². The fourth-order valence-corrected chi connectivity index (χ4v) is 4.06. The average molecular weight is 444 g/mol. The molecule has 0 bridgehead atoms. The molecule has 0 spiro atoms. The van der Waals surface area contributed by atoms with Gasteiger partial charge in [-0.15, -0.1) is 0 Å². The number of carbonyl (C=O) groups excluding carboxylic acids is 2. The Balaban J connectivity index is 1.45. The molecule has 1 saturated carbocycles. The fourth-order valence-electron chi connectivity index (χ4n) is 4.06. The number of hydrogen-bond acceptors (Lipinski definition) is 4. The molecule has 2 fully saturated rings. The molecule has 176 valence electrons. The molecule has 1 heterocycles. The number of nitrogens with zero attached hydrogens (tertiary/aromatic N) is 2. The van der Waals surface area contributed by atoms with Gasteiger partial charge in [0.05, 0.1) is 25.8 Å². The Kier molecular flexibility index (Phi) is 9.81. The van der Waals surface area contributed by atoms with E-state index in [1.807, 2.05) is 19.1 Å². The third-order valence-electron chi connectivity index (χ3n) is 5.84. The van der Waals surface area contributed by atoms with Crippen molar-refractivity contribution in [2.24, 2.45) is 4.99 Å². The van der Waals surface area contributed by atoms with Crippen molar-refractivity contribution in [2.45, 2.75) is 58.1 Å². The van der Waals surface area contributed by atoms with Crippen LogP contribution in [0.5, 0.6) is 0 Å². The lowest BCUT2D eigenvalue weighted by Crippen LogP contribution is -2.49. The summed E-state index contributed by atoms with van der Waals surface area (Å²) in [4.78, 5) is 30.3. The molecule has 1 saturated heterocycles. The van der Waals surface area contributed by atoms with Crippen molar-refractivity contribution in [1.29, 1.82) is 0 Å². The van der Waals surface area contributed by atoms with E-state index in [-0.39, 0.29) is 18.4 Å². The van der Waals surface area contributed by atoms with Gasteiger partial charge in [0, 0.05) is 31.7 Å². The van der Waals surface area contributed by atoms with E-state index in [1.165, 1.54) is 38.5 Å². The Labute approximate surface area is 191 Å². The summed E-state index contributed by atoms with van der Waals surface area (Å²) in [6.07, 6.45) is 7.98. The maximum absolute atomic E-state index is 12.6. The van der Waals surface area contributed by atoms with Gasteiger partial charge in [-0.05, 0) is 37.5 Å². The summed E-state index contributed by atoms with van der Waals surface area (Å²) in [5.74, 6) is 0.536. The number of aliphatic imine (C=N–C) groups is 1. The molecule has 3 rings (SSSR count). The number of amides is 2. The monoisotopic (exact) mass is 443 g/mol. The summed E-state index contributed by atoms with van der Waals surface area (Å²) in [6, 6.07) is 7.44. The van der Waals surface area contributed by atoms with Crippen LogP contribution in [0.4, 0.5) is 0 Å². The van der Waals surface area contributed by atoms with Gasteiger partial charge in [-0.2, -0.15) is 0 Å². The highest BCUT2D eigenvalue weighted by atomic mass is 16.5. The molecule has 0 atom stereocenters. The van der Waals surface area contributed by atoms with E-state index in [2.05, 4.69) is 20.9 Å². The number of ether oxygens (including phenoxy) is 1. The van der Waals surface area contributed by atoms with Gasteiger partial charge < -0.3 is 25.6 Å². The Morgan fingerprint density at radius 1 is 1.16 bits per heavy atom. The van der Waals surface area contributed by atoms with E-state index in [9.17, 15) is 9.59 Å². The molecule has 3 N–H and O–H groups in total. The minimum atomic E-state index is -0.112. The zero-order valence-corrected chi connectivity index (χ0v) is 19.2. The van der Waals surface area contributed by atoms with Crippen LogP contribution in [0.25, 0.3) is 0 Å². The second-order valence-corrected chi connectivity index (χ2v) is 8.38. The third-order valence-corrected chi connectivity index (χ3v) is 5.84. The number of piperazine rings is 1. The van der Waals surface area contributed by atoms with E-state index in [1.54, 1.807) is 17.0 Å². The van der Waals surface area contributed by atoms with Crippen LogP contribution in [-0.2, 0) is 16.1 Å². The topological polar surface area (TPSA) is 95.1 Å². The Morgan fingerprint density at radius 3 is 2.59 bits per heavy atom. The van der Waals surface area contributed by atoms with Gasteiger partial charge in [0.2, 0.25) is 5.91 Å². The van der Waals surface area contributed by atoms with E-state index in [0.29, 0.717) is 37.9 Å². The van der Waals surface area contributed by atoms with Crippen LogP contribution in [0.2, 0.25) is 0 Å². The third kappa shape index (κ3) is 7.82. The summed E-state index contributed by atoms with van der Waals surface area (Å²) < 4.78 is 6.04. The standard InChI is InChI=1S/C24H37N5O3/c1-2-25-24(27-14-16-32-21-7-5-3-4-6-8-21)28-17-19-9-11-20(12-10-19)23(31)29-15-13-26-22(30)18-29/h9-12,21H,2-8,13-18H2,1H3,(H,26,30)(H2,25,27,28). The maximum Gasteiger partial charge on any atom is 0.254 e. The lowest BCUT2D eigenvalue weighted by Gasteiger charge is -2.26. The van der Waals surface area contributed by atoms with Crippen molar-refractivity contribution < 1.29 is 14.3 Å². The highest BCUT2D eigenvalue weighted by Crippen LogP contribution is 2.19. The number of carbonyl (C=O) groups is 2. The zero-order valence-electron chi connectivity index (χ0n) is 19.2. The van der Waals surface area contributed by atoms with Crippen LogP contribution in [0, 0.1) is 0 Å². The first-order valence-electron chi connectivity index (χ1n) is 11.9. The normalized spacial score (nSPS) is 18.1. The Hall–Kier alpha value is -2.61. The van der Waals surface area contributed by atoms with E-state index < -0.39 is 0 Å². The molecule has 0 aromatic heterocycles. The second-order valence-electron chi connectivity index (χ2n) is 8.38. The van der Waals surface area contributed by atoms with Crippen molar-refractivity contribution in [2.75, 3.05) is 39.3 Å². The van der Waals surface area contributed by atoms with Crippen molar-refractivity contribution in [1.82, 2.24) is 20.9 Å². The summed E-state index contributed by atoms with van der Waals surface area (Å²) in [6.45, 7) is 5.90. The molecule has 1 aliphatic carbocycles. The first-order valence-corrected chi connectivity index (χ1v) is 11.9. The van der Waals surface area contributed by atoms with Gasteiger partial charge in [-0.25, -0.2) is 4.99 Å². The van der Waals surface area contributed by atoms with Crippen molar-refractivity contribution >= 4 is 17.8 Å². The van der Waals surface area contributed by atoms with Crippen molar-refractivity contribution in [3.8, 4) is 0 Å². The van der Waals surface area contributed by atoms with Crippen LogP contribution in [0.15, 0.2) is 29.3 Å². The predicted octanol–water partition coefficient (Wildman–Crippen LogP) is 2.05. The number of hydrogen-bond donors (Lipinski definition) is 3. The molecule has 32 heavy (non-hydrogen) atoms. The molecule has 0 unspecified atom stereocenters. The molecule has 1 aliphatic heterocycles. The summed E-state index contributed by atoms with van der Waals surface area (Å²) >= 11 is 0. The highest BCUT2D eigenvalue weighted by molar-refractivity contribution is 5.97. The summed E-state index contributed by atoms with van der Waals surface area (Å²) in [7, 11) is 0. The van der Waals surface area contributed by atoms with Gasteiger partial charge in [0.15, 0.2) is 5.96 Å². The lowest BCUT2D eigenvalue weighted by molar-refractivity contribution is -0.123. The fraction of sp³-hybridized carbons (Fsp3) is 0.625. The lowest BCUT2D eigenvalue weighted by atomic mass is 10.1. The quantitative estimate of drug-likeness (QED) is 0.247. The largest absolute Gasteiger partial charge is 0.376 e. The van der Waals surface area contributed by atoms with Crippen LogP contribution in [-0.4, -0.2) is 68.1 Å². The number of guanidine groups is 1. The smallest absolute Gasteiger partial charge is 0.254 e. The molecular formula is C24H37N5O3. The molecule has 8 heteroatoms. The minimum Gasteiger partial charge on any atom is -0.376 e. The van der Waals surface area contributed by atoms with Crippen molar-refractivity contribution in [3.63, 3.8) is 0 Å². The van der Waals surface area contributed by atoms with Gasteiger partial charge in [0.1, 0.15) is 0 Å². The number of benzene rings is 1. The van der Waals surface area contributed by atoms with Crippen molar-refractivity contribution in [3.05, 3.63) is 35.4 Å². The summed E-state index contributed by atoms with van der Waals surface area (Å²) in [5, 5.41) is 9.34. The van der Waals surface area contributed by atoms with Gasteiger partial charge >= 0.3 is 0 Å². The maximum atomic E-state index is 12.6.